The van der Waals surface area contributed by atoms with E-state index >= 15 is 0 Å². The summed E-state index contributed by atoms with van der Waals surface area (Å²) in [6.45, 7) is 0. The van der Waals surface area contributed by atoms with Crippen molar-refractivity contribution in [2.75, 3.05) is 12.8 Å². The molecule has 1 saturated carbocycles. The maximum absolute atomic E-state index is 12.7. The lowest BCUT2D eigenvalue weighted by atomic mass is 9.96. The summed E-state index contributed by atoms with van der Waals surface area (Å²) in [5.74, 6) is 0. The highest BCUT2D eigenvalue weighted by atomic mass is 35.5. The number of nitrogens with zero attached hydrogens (tertiary/aromatic N) is 1. The molecule has 20 heavy (non-hydrogen) atoms. The largest absolute Gasteiger partial charge is 0.396 e. The van der Waals surface area contributed by atoms with Gasteiger partial charge in [-0.2, -0.15) is 4.31 Å². The molecule has 0 aliphatic heterocycles. The predicted octanol–water partition coefficient (Wildman–Crippen LogP) is 3.53. The van der Waals surface area contributed by atoms with Crippen LogP contribution in [0.15, 0.2) is 17.0 Å². The number of nitrogens with two attached hydrogens (primary N) is 1. The van der Waals surface area contributed by atoms with Gasteiger partial charge in [0.25, 0.3) is 0 Å². The number of hydrogen-bond acceptors (Lipinski definition) is 3. The third-order valence-electron chi connectivity index (χ3n) is 3.84. The van der Waals surface area contributed by atoms with E-state index in [-0.39, 0.29) is 26.7 Å². The van der Waals surface area contributed by atoms with E-state index in [0.29, 0.717) is 0 Å². The van der Waals surface area contributed by atoms with Crippen LogP contribution in [0.25, 0.3) is 0 Å². The van der Waals surface area contributed by atoms with Gasteiger partial charge in [-0.1, -0.05) is 42.5 Å². The summed E-state index contributed by atoms with van der Waals surface area (Å²) in [6.07, 6.45) is 5.05. The van der Waals surface area contributed by atoms with Gasteiger partial charge in [0.2, 0.25) is 10.0 Å². The molecule has 0 atom stereocenters. The molecule has 1 aromatic carbocycles. The van der Waals surface area contributed by atoms with E-state index in [4.69, 9.17) is 28.9 Å². The first-order valence-corrected chi connectivity index (χ1v) is 8.77. The van der Waals surface area contributed by atoms with Gasteiger partial charge in [-0.25, -0.2) is 8.42 Å². The zero-order valence-corrected chi connectivity index (χ0v) is 13.6. The molecular weight excluding hydrogens is 319 g/mol. The standard InChI is InChI=1S/C13H18Cl2N2O2S/c1-17(9-5-3-2-4-6-9)20(18,19)11-8-7-10(14)13(16)12(11)15/h7-9H,2-6,16H2,1H3. The van der Waals surface area contributed by atoms with Crippen LogP contribution < -0.4 is 5.73 Å². The Morgan fingerprint density at radius 1 is 1.20 bits per heavy atom. The van der Waals surface area contributed by atoms with Crippen molar-refractivity contribution in [2.45, 2.75) is 43.0 Å². The average molecular weight is 337 g/mol. The van der Waals surface area contributed by atoms with Crippen molar-refractivity contribution in [3.8, 4) is 0 Å². The highest BCUT2D eigenvalue weighted by Crippen LogP contribution is 2.35. The topological polar surface area (TPSA) is 63.4 Å². The molecule has 0 unspecified atom stereocenters. The van der Waals surface area contributed by atoms with Gasteiger partial charge >= 0.3 is 0 Å². The molecular formula is C13H18Cl2N2O2S. The fourth-order valence-electron chi connectivity index (χ4n) is 2.54. The van der Waals surface area contributed by atoms with Gasteiger partial charge in [-0.05, 0) is 25.0 Å². The molecule has 0 heterocycles. The van der Waals surface area contributed by atoms with Crippen LogP contribution in [0.4, 0.5) is 5.69 Å². The number of halogens is 2. The van der Waals surface area contributed by atoms with Crippen LogP contribution in [0.3, 0.4) is 0 Å². The molecule has 0 aromatic heterocycles. The molecule has 0 radical (unpaired) electrons. The Bertz CT molecular complexity index is 599. The second-order valence-corrected chi connectivity index (χ2v) is 7.84. The summed E-state index contributed by atoms with van der Waals surface area (Å²) in [4.78, 5) is 0.0224. The quantitative estimate of drug-likeness (QED) is 0.858. The molecule has 1 aromatic rings. The molecule has 2 N–H and O–H groups in total. The molecule has 7 heteroatoms. The van der Waals surface area contributed by atoms with Gasteiger partial charge in [-0.15, -0.1) is 0 Å². The van der Waals surface area contributed by atoms with Gasteiger partial charge in [0.15, 0.2) is 0 Å². The first-order chi connectivity index (χ1) is 9.35. The van der Waals surface area contributed by atoms with Gasteiger partial charge in [0.1, 0.15) is 4.90 Å². The Morgan fingerprint density at radius 3 is 2.40 bits per heavy atom. The summed E-state index contributed by atoms with van der Waals surface area (Å²) in [7, 11) is -2.04. The van der Waals surface area contributed by atoms with Crippen molar-refractivity contribution in [3.63, 3.8) is 0 Å². The van der Waals surface area contributed by atoms with E-state index in [0.717, 1.165) is 25.7 Å². The maximum atomic E-state index is 12.7. The van der Waals surface area contributed by atoms with Crippen LogP contribution in [0.5, 0.6) is 0 Å². The van der Waals surface area contributed by atoms with Crippen LogP contribution >= 0.6 is 23.2 Å². The highest BCUT2D eigenvalue weighted by molar-refractivity contribution is 7.89. The van der Waals surface area contributed by atoms with Crippen molar-refractivity contribution in [2.24, 2.45) is 0 Å². The Hall–Kier alpha value is -0.490. The summed E-state index contributed by atoms with van der Waals surface area (Å²) >= 11 is 11.9. The Labute approximate surface area is 129 Å². The van der Waals surface area contributed by atoms with E-state index in [1.165, 1.54) is 22.9 Å². The summed E-state index contributed by atoms with van der Waals surface area (Å²) in [5.41, 5.74) is 5.81. The molecule has 1 aliphatic carbocycles. The van der Waals surface area contributed by atoms with E-state index in [9.17, 15) is 8.42 Å². The van der Waals surface area contributed by atoms with Crippen LogP contribution in [-0.4, -0.2) is 25.8 Å². The SMILES string of the molecule is CN(C1CCCCC1)S(=O)(=O)c1ccc(Cl)c(N)c1Cl. The number of benzene rings is 1. The number of hydrogen-bond donors (Lipinski definition) is 1. The molecule has 112 valence electrons. The summed E-state index contributed by atoms with van der Waals surface area (Å²) in [6, 6.07) is 2.90. The zero-order chi connectivity index (χ0) is 14.9. The molecule has 2 rings (SSSR count). The predicted molar refractivity (Wildman–Crippen MR) is 82.7 cm³/mol. The molecule has 4 nitrogen and oxygen atoms in total. The molecule has 1 aliphatic rings. The van der Waals surface area contributed by atoms with Gasteiger partial charge in [0.05, 0.1) is 15.7 Å². The lowest BCUT2D eigenvalue weighted by molar-refractivity contribution is 0.286. The minimum absolute atomic E-state index is 0.000148. The summed E-state index contributed by atoms with van der Waals surface area (Å²) < 4.78 is 26.7. The first kappa shape index (κ1) is 15.9. The number of sulfonamides is 1. The minimum Gasteiger partial charge on any atom is -0.396 e. The smallest absolute Gasteiger partial charge is 0.244 e. The summed E-state index contributed by atoms with van der Waals surface area (Å²) in [5, 5.41) is 0.259. The third-order valence-corrected chi connectivity index (χ3v) is 6.64. The second kappa shape index (κ2) is 6.10. The van der Waals surface area contributed by atoms with Crippen molar-refractivity contribution in [3.05, 3.63) is 22.2 Å². The molecule has 0 bridgehead atoms. The minimum atomic E-state index is -3.65. The molecule has 1 fully saturated rings. The fraction of sp³-hybridized carbons (Fsp3) is 0.538. The maximum Gasteiger partial charge on any atom is 0.244 e. The van der Waals surface area contributed by atoms with Crippen molar-refractivity contribution < 1.29 is 8.42 Å². The van der Waals surface area contributed by atoms with E-state index in [2.05, 4.69) is 0 Å². The van der Waals surface area contributed by atoms with Crippen molar-refractivity contribution in [1.82, 2.24) is 4.31 Å². The van der Waals surface area contributed by atoms with Crippen molar-refractivity contribution >= 4 is 38.9 Å². The molecule has 0 amide bonds. The van der Waals surface area contributed by atoms with Crippen molar-refractivity contribution in [1.29, 1.82) is 0 Å². The third kappa shape index (κ3) is 2.91. The Balaban J connectivity index is 2.37. The lowest BCUT2D eigenvalue weighted by Crippen LogP contribution is -2.38. The molecule has 0 saturated heterocycles. The Kier molecular flexibility index (Phi) is 4.84. The van der Waals surface area contributed by atoms with E-state index in [1.807, 2.05) is 0 Å². The lowest BCUT2D eigenvalue weighted by Gasteiger charge is -2.30. The fourth-order valence-corrected chi connectivity index (χ4v) is 4.70. The van der Waals surface area contributed by atoms with Gasteiger partial charge < -0.3 is 5.73 Å². The van der Waals surface area contributed by atoms with E-state index in [1.54, 1.807) is 7.05 Å². The number of rotatable bonds is 3. The average Bonchev–Trinajstić information content (AvgIpc) is 2.44. The van der Waals surface area contributed by atoms with Crippen LogP contribution in [0.2, 0.25) is 10.0 Å². The Morgan fingerprint density at radius 2 is 1.80 bits per heavy atom. The number of nitrogen functional groups attached to an aromatic ring is 1. The highest BCUT2D eigenvalue weighted by Gasteiger charge is 2.31. The molecule has 0 spiro atoms. The zero-order valence-electron chi connectivity index (χ0n) is 11.3. The van der Waals surface area contributed by atoms with Crippen LogP contribution in [-0.2, 0) is 10.0 Å². The monoisotopic (exact) mass is 336 g/mol. The number of anilines is 1. The van der Waals surface area contributed by atoms with Crippen LogP contribution in [0, 0.1) is 0 Å². The van der Waals surface area contributed by atoms with E-state index < -0.39 is 10.0 Å². The van der Waals surface area contributed by atoms with Gasteiger partial charge in [0, 0.05) is 13.1 Å². The van der Waals surface area contributed by atoms with Crippen LogP contribution in [0.1, 0.15) is 32.1 Å². The second-order valence-electron chi connectivity index (χ2n) is 5.09. The normalized spacial score (nSPS) is 17.6. The van der Waals surface area contributed by atoms with Gasteiger partial charge in [-0.3, -0.25) is 0 Å². The first-order valence-electron chi connectivity index (χ1n) is 6.57.